The maximum atomic E-state index is 13.1. The Morgan fingerprint density at radius 3 is 2.80 bits per heavy atom. The second kappa shape index (κ2) is 7.27. The Hall–Kier alpha value is -1.71. The molecule has 0 fully saturated rings. The number of aliphatic hydroxyl groups excluding tert-OH is 1. The summed E-state index contributed by atoms with van der Waals surface area (Å²) in [6.07, 6.45) is 0.518. The third kappa shape index (κ3) is 4.10. The molecule has 0 amide bonds. The molecule has 0 saturated heterocycles. The smallest absolute Gasteiger partial charge is 0.240 e. The highest BCUT2D eigenvalue weighted by atomic mass is 35.5. The van der Waals surface area contributed by atoms with Crippen LogP contribution >= 0.6 is 22.9 Å². The summed E-state index contributed by atoms with van der Waals surface area (Å²) in [6.45, 7) is -0.227. The Bertz CT molecular complexity index is 970. The van der Waals surface area contributed by atoms with E-state index >= 15 is 0 Å². The normalized spacial score (nSPS) is 13.1. The van der Waals surface area contributed by atoms with Crippen molar-refractivity contribution in [3.63, 3.8) is 0 Å². The van der Waals surface area contributed by atoms with Gasteiger partial charge in [-0.05, 0) is 36.4 Å². The van der Waals surface area contributed by atoms with Crippen molar-refractivity contribution in [3.8, 4) is 11.3 Å². The van der Waals surface area contributed by atoms with E-state index in [1.165, 1.54) is 11.3 Å². The number of thiophene rings is 1. The first-order chi connectivity index (χ1) is 11.9. The Balaban J connectivity index is 1.69. The van der Waals surface area contributed by atoms with Crippen LogP contribution in [-0.2, 0) is 10.0 Å². The van der Waals surface area contributed by atoms with Gasteiger partial charge in [0.1, 0.15) is 17.7 Å². The third-order valence-corrected chi connectivity index (χ3v) is 6.17. The van der Waals surface area contributed by atoms with E-state index in [4.69, 9.17) is 16.0 Å². The average Bonchev–Trinajstić information content (AvgIpc) is 3.26. The summed E-state index contributed by atoms with van der Waals surface area (Å²) in [7, 11) is -3.91. The predicted octanol–water partition coefficient (Wildman–Crippen LogP) is 3.81. The molecule has 0 saturated carbocycles. The van der Waals surface area contributed by atoms with Crippen LogP contribution in [0.25, 0.3) is 11.3 Å². The summed E-state index contributed by atoms with van der Waals surface area (Å²) in [5.74, 6) is -0.0408. The molecule has 0 aliphatic heterocycles. The van der Waals surface area contributed by atoms with E-state index in [1.54, 1.807) is 24.5 Å². The van der Waals surface area contributed by atoms with E-state index in [9.17, 15) is 17.9 Å². The Morgan fingerprint density at radius 2 is 2.12 bits per heavy atom. The molecule has 0 aliphatic rings. The van der Waals surface area contributed by atoms with Gasteiger partial charge < -0.3 is 9.52 Å². The number of furan rings is 1. The number of rotatable bonds is 6. The summed E-state index contributed by atoms with van der Waals surface area (Å²) >= 11 is 6.90. The zero-order chi connectivity index (χ0) is 18.0. The molecule has 25 heavy (non-hydrogen) atoms. The summed E-state index contributed by atoms with van der Waals surface area (Å²) in [5.41, 5.74) is 0.803. The number of nitrogens with one attached hydrogen (secondary N) is 1. The fourth-order valence-electron chi connectivity index (χ4n) is 2.12. The summed E-state index contributed by atoms with van der Waals surface area (Å²) in [5, 5.41) is 11.7. The Kier molecular flexibility index (Phi) is 5.26. The van der Waals surface area contributed by atoms with Crippen molar-refractivity contribution < 1.29 is 22.3 Å². The van der Waals surface area contributed by atoms with E-state index in [2.05, 4.69) is 4.72 Å². The highest BCUT2D eigenvalue weighted by Gasteiger charge is 2.19. The van der Waals surface area contributed by atoms with E-state index in [-0.39, 0.29) is 16.5 Å². The third-order valence-electron chi connectivity index (χ3n) is 3.42. The molecule has 1 aromatic carbocycles. The minimum Gasteiger partial charge on any atom is -0.464 e. The summed E-state index contributed by atoms with van der Waals surface area (Å²) in [4.78, 5) is 0.416. The number of benzene rings is 1. The lowest BCUT2D eigenvalue weighted by atomic mass is 10.2. The first kappa shape index (κ1) is 18.1. The fourth-order valence-corrected chi connectivity index (χ4v) is 4.31. The van der Waals surface area contributed by atoms with E-state index in [0.717, 1.165) is 23.8 Å². The minimum absolute atomic E-state index is 0.173. The molecule has 1 unspecified atom stereocenters. The first-order valence-corrected chi connectivity index (χ1v) is 9.86. The lowest BCUT2D eigenvalue weighted by Gasteiger charge is -2.11. The molecule has 5 nitrogen and oxygen atoms in total. The second-order valence-electron chi connectivity index (χ2n) is 5.16. The molecule has 9 heteroatoms. The largest absolute Gasteiger partial charge is 0.464 e. The van der Waals surface area contributed by atoms with Gasteiger partial charge in [0.15, 0.2) is 0 Å². The van der Waals surface area contributed by atoms with Gasteiger partial charge in [-0.25, -0.2) is 17.5 Å². The zero-order valence-electron chi connectivity index (χ0n) is 12.6. The number of aliphatic hydroxyl groups is 1. The SMILES string of the molecule is O=S(=O)(NCC(O)c1cc(-c2ccco2)cs1)c1ccc(F)c(Cl)c1. The van der Waals surface area contributed by atoms with Gasteiger partial charge >= 0.3 is 0 Å². The lowest BCUT2D eigenvalue weighted by molar-refractivity contribution is 0.186. The average molecular weight is 402 g/mol. The topological polar surface area (TPSA) is 79.5 Å². The van der Waals surface area contributed by atoms with Gasteiger partial charge in [0.2, 0.25) is 10.0 Å². The van der Waals surface area contributed by atoms with Crippen LogP contribution in [0, 0.1) is 5.82 Å². The second-order valence-corrected chi connectivity index (χ2v) is 8.28. The van der Waals surface area contributed by atoms with Gasteiger partial charge in [-0.2, -0.15) is 0 Å². The minimum atomic E-state index is -3.91. The lowest BCUT2D eigenvalue weighted by Crippen LogP contribution is -2.28. The summed E-state index contributed by atoms with van der Waals surface area (Å²) in [6, 6.07) is 8.38. The highest BCUT2D eigenvalue weighted by Crippen LogP contribution is 2.29. The number of sulfonamides is 1. The molecule has 1 atom stereocenters. The van der Waals surface area contributed by atoms with Crippen molar-refractivity contribution in [2.24, 2.45) is 0 Å². The van der Waals surface area contributed by atoms with Crippen molar-refractivity contribution in [3.05, 3.63) is 63.8 Å². The number of hydrogen-bond donors (Lipinski definition) is 2. The Morgan fingerprint density at radius 1 is 1.32 bits per heavy atom. The number of hydrogen-bond acceptors (Lipinski definition) is 5. The quantitative estimate of drug-likeness (QED) is 0.658. The molecule has 132 valence electrons. The van der Waals surface area contributed by atoms with E-state index < -0.39 is 21.9 Å². The maximum Gasteiger partial charge on any atom is 0.240 e. The van der Waals surface area contributed by atoms with Crippen LogP contribution in [0.1, 0.15) is 11.0 Å². The standard InChI is InChI=1S/C16H13ClFNO4S2/c17-12-7-11(3-4-13(12)18)25(21,22)19-8-14(20)16-6-10(9-24-16)15-2-1-5-23-15/h1-7,9,14,19-20H,8H2. The molecule has 0 aliphatic carbocycles. The van der Waals surface area contributed by atoms with Crippen LogP contribution < -0.4 is 4.72 Å². The van der Waals surface area contributed by atoms with Crippen molar-refractivity contribution in [1.82, 2.24) is 4.72 Å². The van der Waals surface area contributed by atoms with Crippen LogP contribution in [0.4, 0.5) is 4.39 Å². The fraction of sp³-hybridized carbons (Fsp3) is 0.125. The van der Waals surface area contributed by atoms with Gasteiger partial charge in [0.05, 0.1) is 16.2 Å². The van der Waals surface area contributed by atoms with Crippen molar-refractivity contribution in [2.45, 2.75) is 11.0 Å². The van der Waals surface area contributed by atoms with Gasteiger partial charge in [0, 0.05) is 22.4 Å². The molecule has 0 spiro atoms. The van der Waals surface area contributed by atoms with Gasteiger partial charge in [0.25, 0.3) is 0 Å². The first-order valence-electron chi connectivity index (χ1n) is 7.12. The van der Waals surface area contributed by atoms with Crippen LogP contribution in [0.3, 0.4) is 0 Å². The van der Waals surface area contributed by atoms with Gasteiger partial charge in [-0.1, -0.05) is 11.6 Å². The van der Waals surface area contributed by atoms with E-state index in [1.807, 2.05) is 5.38 Å². The van der Waals surface area contributed by atoms with Crippen LogP contribution in [0.2, 0.25) is 5.02 Å². The Labute approximate surface area is 152 Å². The van der Waals surface area contributed by atoms with Gasteiger partial charge in [-0.3, -0.25) is 0 Å². The molecular weight excluding hydrogens is 389 g/mol. The summed E-state index contributed by atoms with van der Waals surface area (Å²) < 4.78 is 45.1. The molecule has 0 radical (unpaired) electrons. The van der Waals surface area contributed by atoms with Gasteiger partial charge in [-0.15, -0.1) is 11.3 Å². The van der Waals surface area contributed by atoms with E-state index in [0.29, 0.717) is 10.6 Å². The zero-order valence-corrected chi connectivity index (χ0v) is 15.0. The molecule has 3 aromatic rings. The number of halogens is 2. The molecule has 0 bridgehead atoms. The molecule has 2 N–H and O–H groups in total. The predicted molar refractivity (Wildman–Crippen MR) is 93.6 cm³/mol. The van der Waals surface area contributed by atoms with Crippen LogP contribution in [-0.4, -0.2) is 20.1 Å². The molecular formula is C16H13ClFNO4S2. The molecule has 2 heterocycles. The van der Waals surface area contributed by atoms with Crippen molar-refractivity contribution in [2.75, 3.05) is 6.54 Å². The maximum absolute atomic E-state index is 13.1. The van der Waals surface area contributed by atoms with Crippen molar-refractivity contribution >= 4 is 33.0 Å². The van der Waals surface area contributed by atoms with Crippen LogP contribution in [0.15, 0.2) is 57.4 Å². The highest BCUT2D eigenvalue weighted by molar-refractivity contribution is 7.89. The monoisotopic (exact) mass is 401 g/mol. The van der Waals surface area contributed by atoms with Crippen LogP contribution in [0.5, 0.6) is 0 Å². The molecule has 2 aromatic heterocycles. The van der Waals surface area contributed by atoms with Crippen molar-refractivity contribution in [1.29, 1.82) is 0 Å². The molecule has 3 rings (SSSR count).